The van der Waals surface area contributed by atoms with Gasteiger partial charge >= 0.3 is 0 Å². The summed E-state index contributed by atoms with van der Waals surface area (Å²) >= 11 is 0. The summed E-state index contributed by atoms with van der Waals surface area (Å²) in [6.07, 6.45) is 0. The Morgan fingerprint density at radius 3 is 1.87 bits per heavy atom. The largest absolute Gasteiger partial charge is 0.322 e. The molecule has 0 saturated heterocycles. The molecule has 0 radical (unpaired) electrons. The predicted molar refractivity (Wildman–Crippen MR) is 118 cm³/mol. The summed E-state index contributed by atoms with van der Waals surface area (Å²) in [5.74, 6) is -0.388. The fraction of sp³-hybridized carbons (Fsp3) is 0.130. The second kappa shape index (κ2) is 8.51. The summed E-state index contributed by atoms with van der Waals surface area (Å²) in [4.78, 5) is 23.9. The van der Waals surface area contributed by atoms with Crippen molar-refractivity contribution in [1.29, 1.82) is 0 Å². The number of rotatable bonds is 6. The lowest BCUT2D eigenvalue weighted by Gasteiger charge is -2.11. The first-order chi connectivity index (χ1) is 14.2. The van der Waals surface area contributed by atoms with E-state index in [1.54, 1.807) is 42.5 Å². The molecule has 154 valence electrons. The standard InChI is InChI=1S/C23H22N2O4S/c1-15-4-13-22(14-16(15)2)30(28,29)25-21-11-7-19(8-12-21)23(27)24-20-9-5-18(6-10-20)17(3)26/h4-14,25H,1-3H3,(H,24,27). The van der Waals surface area contributed by atoms with E-state index in [2.05, 4.69) is 10.0 Å². The number of benzene rings is 3. The van der Waals surface area contributed by atoms with Gasteiger partial charge in [-0.05, 0) is 92.6 Å². The van der Waals surface area contributed by atoms with Crippen LogP contribution in [0.5, 0.6) is 0 Å². The Balaban J connectivity index is 1.70. The normalized spacial score (nSPS) is 11.0. The van der Waals surface area contributed by atoms with Gasteiger partial charge in [-0.15, -0.1) is 0 Å². The number of Topliss-reactive ketones (excluding diaryl/α,β-unsaturated/α-hetero) is 1. The van der Waals surface area contributed by atoms with Crippen LogP contribution in [0.2, 0.25) is 0 Å². The molecule has 2 N–H and O–H groups in total. The lowest BCUT2D eigenvalue weighted by atomic mass is 10.1. The zero-order valence-electron chi connectivity index (χ0n) is 16.9. The van der Waals surface area contributed by atoms with Crippen LogP contribution >= 0.6 is 0 Å². The maximum atomic E-state index is 12.6. The number of sulfonamides is 1. The van der Waals surface area contributed by atoms with E-state index < -0.39 is 10.0 Å². The fourth-order valence-corrected chi connectivity index (χ4v) is 3.92. The van der Waals surface area contributed by atoms with E-state index in [0.29, 0.717) is 22.5 Å². The van der Waals surface area contributed by atoms with Crippen LogP contribution in [0.15, 0.2) is 71.6 Å². The average Bonchev–Trinajstić information content (AvgIpc) is 2.70. The highest BCUT2D eigenvalue weighted by atomic mass is 32.2. The molecule has 7 heteroatoms. The Bertz CT molecular complexity index is 1200. The van der Waals surface area contributed by atoms with Crippen LogP contribution in [0.3, 0.4) is 0 Å². The van der Waals surface area contributed by atoms with Crippen LogP contribution in [0.25, 0.3) is 0 Å². The van der Waals surface area contributed by atoms with Gasteiger partial charge in [-0.25, -0.2) is 8.42 Å². The fourth-order valence-electron chi connectivity index (χ4n) is 2.78. The number of hydrogen-bond donors (Lipinski definition) is 2. The second-order valence-corrected chi connectivity index (χ2v) is 8.70. The molecular formula is C23H22N2O4S. The molecule has 0 aromatic heterocycles. The first kappa shape index (κ1) is 21.3. The third-order valence-corrected chi connectivity index (χ3v) is 6.12. The number of ketones is 1. The quantitative estimate of drug-likeness (QED) is 0.570. The number of aryl methyl sites for hydroxylation is 2. The molecule has 0 unspecified atom stereocenters. The van der Waals surface area contributed by atoms with Gasteiger partial charge in [-0.1, -0.05) is 6.07 Å². The highest BCUT2D eigenvalue weighted by Crippen LogP contribution is 2.20. The minimum absolute atomic E-state index is 0.0493. The van der Waals surface area contributed by atoms with Crippen LogP contribution in [0.4, 0.5) is 11.4 Å². The summed E-state index contributed by atoms with van der Waals surface area (Å²) < 4.78 is 27.7. The molecule has 3 aromatic rings. The van der Waals surface area contributed by atoms with E-state index in [1.807, 2.05) is 13.8 Å². The van der Waals surface area contributed by atoms with Crippen molar-refractivity contribution in [3.63, 3.8) is 0 Å². The lowest BCUT2D eigenvalue weighted by Crippen LogP contribution is -2.14. The first-order valence-electron chi connectivity index (χ1n) is 9.28. The van der Waals surface area contributed by atoms with Gasteiger partial charge in [0.1, 0.15) is 0 Å². The Morgan fingerprint density at radius 1 is 0.733 bits per heavy atom. The van der Waals surface area contributed by atoms with Gasteiger partial charge in [0.2, 0.25) is 0 Å². The summed E-state index contributed by atoms with van der Waals surface area (Å²) in [6.45, 7) is 5.25. The monoisotopic (exact) mass is 422 g/mol. The molecule has 0 atom stereocenters. The van der Waals surface area contributed by atoms with Gasteiger partial charge in [0.25, 0.3) is 15.9 Å². The molecular weight excluding hydrogens is 400 g/mol. The van der Waals surface area contributed by atoms with Crippen molar-refractivity contribution in [3.05, 3.63) is 89.0 Å². The van der Waals surface area contributed by atoms with Crippen molar-refractivity contribution >= 4 is 33.1 Å². The molecule has 0 saturated carbocycles. The van der Waals surface area contributed by atoms with Gasteiger partial charge in [-0.3, -0.25) is 14.3 Å². The molecule has 0 spiro atoms. The summed E-state index contributed by atoms with van der Waals surface area (Å²) in [5, 5.41) is 2.74. The number of nitrogens with one attached hydrogen (secondary N) is 2. The lowest BCUT2D eigenvalue weighted by molar-refractivity contribution is 0.101. The Morgan fingerprint density at radius 2 is 1.30 bits per heavy atom. The zero-order chi connectivity index (χ0) is 21.9. The molecule has 3 rings (SSSR count). The maximum absolute atomic E-state index is 12.6. The number of carbonyl (C=O) groups excluding carboxylic acids is 2. The second-order valence-electron chi connectivity index (χ2n) is 7.02. The van der Waals surface area contributed by atoms with Crippen molar-refractivity contribution in [2.45, 2.75) is 25.7 Å². The van der Waals surface area contributed by atoms with Crippen molar-refractivity contribution in [2.75, 3.05) is 10.0 Å². The number of carbonyl (C=O) groups is 2. The van der Waals surface area contributed by atoms with Gasteiger partial charge in [0.15, 0.2) is 5.78 Å². The van der Waals surface area contributed by atoms with Gasteiger partial charge in [-0.2, -0.15) is 0 Å². The van der Waals surface area contributed by atoms with E-state index in [0.717, 1.165) is 11.1 Å². The van der Waals surface area contributed by atoms with Gasteiger partial charge in [0.05, 0.1) is 4.90 Å². The number of amides is 1. The zero-order valence-corrected chi connectivity index (χ0v) is 17.7. The van der Waals surface area contributed by atoms with Crippen LogP contribution in [0.1, 0.15) is 38.8 Å². The summed E-state index contributed by atoms with van der Waals surface area (Å²) in [6, 6.07) is 17.7. The maximum Gasteiger partial charge on any atom is 0.261 e. The van der Waals surface area contributed by atoms with Crippen LogP contribution in [-0.4, -0.2) is 20.1 Å². The van der Waals surface area contributed by atoms with E-state index in [4.69, 9.17) is 0 Å². The summed E-state index contributed by atoms with van der Waals surface area (Å²) in [7, 11) is -3.72. The molecule has 6 nitrogen and oxygen atoms in total. The smallest absolute Gasteiger partial charge is 0.261 e. The molecule has 0 aliphatic heterocycles. The molecule has 0 aliphatic carbocycles. The number of hydrogen-bond acceptors (Lipinski definition) is 4. The minimum Gasteiger partial charge on any atom is -0.322 e. The Kier molecular flexibility index (Phi) is 6.03. The van der Waals surface area contributed by atoms with Crippen LogP contribution in [-0.2, 0) is 10.0 Å². The van der Waals surface area contributed by atoms with Crippen molar-refractivity contribution in [3.8, 4) is 0 Å². The molecule has 0 aliphatic rings. The van der Waals surface area contributed by atoms with E-state index in [-0.39, 0.29) is 16.6 Å². The minimum atomic E-state index is -3.72. The topological polar surface area (TPSA) is 92.3 Å². The molecule has 1 amide bonds. The van der Waals surface area contributed by atoms with E-state index in [1.165, 1.54) is 31.2 Å². The Labute approximate surface area is 176 Å². The molecule has 0 bridgehead atoms. The van der Waals surface area contributed by atoms with E-state index in [9.17, 15) is 18.0 Å². The van der Waals surface area contributed by atoms with Crippen molar-refractivity contribution in [1.82, 2.24) is 0 Å². The SMILES string of the molecule is CC(=O)c1ccc(NC(=O)c2ccc(NS(=O)(=O)c3ccc(C)c(C)c3)cc2)cc1. The highest BCUT2D eigenvalue weighted by molar-refractivity contribution is 7.92. The van der Waals surface area contributed by atoms with Crippen molar-refractivity contribution in [2.24, 2.45) is 0 Å². The van der Waals surface area contributed by atoms with Crippen LogP contribution < -0.4 is 10.0 Å². The molecule has 30 heavy (non-hydrogen) atoms. The molecule has 0 fully saturated rings. The van der Waals surface area contributed by atoms with Gasteiger partial charge < -0.3 is 5.32 Å². The third-order valence-electron chi connectivity index (χ3n) is 4.74. The summed E-state index contributed by atoms with van der Waals surface area (Å²) in [5.41, 5.74) is 3.76. The third kappa shape index (κ3) is 4.93. The van der Waals surface area contributed by atoms with Crippen LogP contribution in [0, 0.1) is 13.8 Å². The average molecular weight is 423 g/mol. The highest BCUT2D eigenvalue weighted by Gasteiger charge is 2.15. The molecule has 3 aromatic carbocycles. The molecule has 0 heterocycles. The van der Waals surface area contributed by atoms with Crippen molar-refractivity contribution < 1.29 is 18.0 Å². The number of anilines is 2. The van der Waals surface area contributed by atoms with E-state index >= 15 is 0 Å². The van der Waals surface area contributed by atoms with Gasteiger partial charge in [0, 0.05) is 22.5 Å². The predicted octanol–water partition coefficient (Wildman–Crippen LogP) is 4.56. The first-order valence-corrected chi connectivity index (χ1v) is 10.8. The Hall–Kier alpha value is -3.45.